The monoisotopic (exact) mass is 486 g/mol. The van der Waals surface area contributed by atoms with E-state index in [0.717, 1.165) is 24.9 Å². The summed E-state index contributed by atoms with van der Waals surface area (Å²) in [4.78, 5) is 30.8. The van der Waals surface area contributed by atoms with Crippen LogP contribution in [0.3, 0.4) is 0 Å². The Morgan fingerprint density at radius 3 is 2.53 bits per heavy atom. The third-order valence-corrected chi connectivity index (χ3v) is 9.50. The van der Waals surface area contributed by atoms with Crippen LogP contribution in [-0.4, -0.2) is 58.8 Å². The van der Waals surface area contributed by atoms with Crippen molar-refractivity contribution in [3.8, 4) is 17.2 Å². The Bertz CT molecular complexity index is 1620. The molecule has 0 N–H and O–H groups in total. The number of hydrogen-bond acceptors (Lipinski definition) is 6. The summed E-state index contributed by atoms with van der Waals surface area (Å²) >= 11 is 0. The molecule has 2 spiro atoms. The predicted octanol–water partition coefficient (Wildman–Crippen LogP) is 1.35. The van der Waals surface area contributed by atoms with E-state index in [2.05, 4.69) is 24.1 Å². The highest BCUT2D eigenvalue weighted by Gasteiger charge is 2.80. The number of likely N-dealkylation sites (tertiary alicyclic amines) is 1. The van der Waals surface area contributed by atoms with Gasteiger partial charge in [-0.1, -0.05) is 30.3 Å². The van der Waals surface area contributed by atoms with E-state index >= 15 is 0 Å². The Morgan fingerprint density at radius 1 is 1.00 bits per heavy atom. The summed E-state index contributed by atoms with van der Waals surface area (Å²) in [6.45, 7) is 0.842. The molecule has 6 aliphatic rings. The van der Waals surface area contributed by atoms with Crippen molar-refractivity contribution >= 4 is 0 Å². The highest BCUT2D eigenvalue weighted by Crippen LogP contribution is 2.70. The fourth-order valence-electron chi connectivity index (χ4n) is 8.16. The van der Waals surface area contributed by atoms with Crippen molar-refractivity contribution in [1.82, 2.24) is 18.8 Å². The van der Waals surface area contributed by atoms with E-state index in [1.54, 1.807) is 31.0 Å². The first-order chi connectivity index (χ1) is 17.5. The van der Waals surface area contributed by atoms with Crippen molar-refractivity contribution in [3.63, 3.8) is 0 Å². The highest BCUT2D eigenvalue weighted by molar-refractivity contribution is 5.65. The van der Waals surface area contributed by atoms with Gasteiger partial charge in [-0.3, -0.25) is 0 Å². The van der Waals surface area contributed by atoms with Crippen molar-refractivity contribution < 1.29 is 14.2 Å². The zero-order valence-electron chi connectivity index (χ0n) is 20.3. The van der Waals surface area contributed by atoms with Gasteiger partial charge in [0.15, 0.2) is 17.6 Å². The number of ether oxygens (including phenoxy) is 3. The highest BCUT2D eigenvalue weighted by atomic mass is 16.6. The lowest BCUT2D eigenvalue weighted by Gasteiger charge is -2.68. The van der Waals surface area contributed by atoms with Crippen LogP contribution in [0.2, 0.25) is 0 Å². The van der Waals surface area contributed by atoms with Gasteiger partial charge in [0, 0.05) is 18.7 Å². The summed E-state index contributed by atoms with van der Waals surface area (Å²) in [6.07, 6.45) is 5.02. The van der Waals surface area contributed by atoms with Gasteiger partial charge in [0.2, 0.25) is 5.72 Å². The van der Waals surface area contributed by atoms with Crippen LogP contribution in [0.25, 0.3) is 5.69 Å². The Labute approximate surface area is 206 Å². The lowest BCUT2D eigenvalue weighted by atomic mass is 9.47. The van der Waals surface area contributed by atoms with Crippen LogP contribution < -0.4 is 20.9 Å². The minimum Gasteiger partial charge on any atom is -0.493 e. The largest absolute Gasteiger partial charge is 0.493 e. The molecule has 5 atom stereocenters. The van der Waals surface area contributed by atoms with Crippen molar-refractivity contribution in [2.45, 2.75) is 41.7 Å². The zero-order valence-corrected chi connectivity index (χ0v) is 20.3. The van der Waals surface area contributed by atoms with Crippen LogP contribution in [0.4, 0.5) is 0 Å². The van der Waals surface area contributed by atoms with E-state index in [9.17, 15) is 9.59 Å². The third kappa shape index (κ3) is 1.82. The standard InChI is InChI=1S/C27H26N4O5/c1-28-14-13-25-20-16-9-10-18(34-2)21(20)36-22(25)27(35-3)12-11-26(25,19(28)15-16)30-23(32)29(24(33)31(27)30)17-7-5-4-6-8-17/h4-12,19,22H,13-15H2,1-3H3/t19?,22-,25?,26?,27?/m1/s1. The molecule has 4 aliphatic heterocycles. The van der Waals surface area contributed by atoms with E-state index < -0.39 is 28.5 Å². The van der Waals surface area contributed by atoms with Crippen LogP contribution in [0.15, 0.2) is 64.2 Å². The molecule has 184 valence electrons. The smallest absolute Gasteiger partial charge is 0.354 e. The lowest BCUT2D eigenvalue weighted by Crippen LogP contribution is -2.83. The quantitative estimate of drug-likeness (QED) is 0.520. The SMILES string of the molecule is COc1ccc2c3c1O[C@H]1C4(OC)C=CC5(C(C2)N(C)CCC315)n1c(=O)n(-c2ccccc2)c(=O)n14. The first-order valence-electron chi connectivity index (χ1n) is 12.3. The van der Waals surface area contributed by atoms with Gasteiger partial charge in [-0.15, -0.1) is 0 Å². The number of nitrogens with zero attached hydrogens (tertiary/aromatic N) is 4. The van der Waals surface area contributed by atoms with Crippen molar-refractivity contribution in [3.05, 3.63) is 86.7 Å². The molecule has 36 heavy (non-hydrogen) atoms. The summed E-state index contributed by atoms with van der Waals surface area (Å²) < 4.78 is 23.3. The minimum absolute atomic E-state index is 0.0504. The van der Waals surface area contributed by atoms with Gasteiger partial charge in [0.05, 0.1) is 18.2 Å². The van der Waals surface area contributed by atoms with Crippen LogP contribution in [0, 0.1) is 0 Å². The molecule has 0 amide bonds. The first kappa shape index (κ1) is 20.6. The van der Waals surface area contributed by atoms with Crippen LogP contribution in [-0.2, 0) is 27.8 Å². The summed E-state index contributed by atoms with van der Waals surface area (Å²) in [5.74, 6) is 1.37. The van der Waals surface area contributed by atoms with Crippen molar-refractivity contribution in [2.75, 3.05) is 27.8 Å². The molecule has 0 radical (unpaired) electrons. The van der Waals surface area contributed by atoms with Gasteiger partial charge >= 0.3 is 11.4 Å². The molecule has 9 nitrogen and oxygen atoms in total. The number of rotatable bonds is 3. The first-order valence-corrected chi connectivity index (χ1v) is 12.3. The van der Waals surface area contributed by atoms with Crippen LogP contribution >= 0.6 is 0 Å². The Morgan fingerprint density at radius 2 is 1.78 bits per heavy atom. The molecule has 9 heteroatoms. The summed E-state index contributed by atoms with van der Waals surface area (Å²) in [5, 5.41) is 0. The number of methoxy groups -OCH3 is 2. The average molecular weight is 487 g/mol. The van der Waals surface area contributed by atoms with Crippen LogP contribution in [0.5, 0.6) is 11.5 Å². The van der Waals surface area contributed by atoms with Gasteiger partial charge in [-0.2, -0.15) is 4.68 Å². The molecule has 9 rings (SSSR count). The van der Waals surface area contributed by atoms with E-state index in [1.807, 2.05) is 30.3 Å². The van der Waals surface area contributed by atoms with Gasteiger partial charge in [-0.05, 0) is 56.3 Å². The molecule has 3 aromatic rings. The molecule has 1 saturated heterocycles. The second-order valence-electron chi connectivity index (χ2n) is 10.5. The number of likely N-dealkylation sites (N-methyl/N-ethyl adjacent to an activating group) is 1. The molecule has 4 bridgehead atoms. The lowest BCUT2D eigenvalue weighted by molar-refractivity contribution is -0.229. The predicted molar refractivity (Wildman–Crippen MR) is 130 cm³/mol. The minimum atomic E-state index is -1.29. The van der Waals surface area contributed by atoms with E-state index in [0.29, 0.717) is 17.2 Å². The molecule has 4 unspecified atom stereocenters. The number of benzene rings is 2. The Hall–Kier alpha value is -3.56. The summed E-state index contributed by atoms with van der Waals surface area (Å²) in [7, 11) is 5.33. The second-order valence-corrected chi connectivity index (χ2v) is 10.5. The molecule has 0 saturated carbocycles. The molecular formula is C27H26N4O5. The van der Waals surface area contributed by atoms with E-state index in [4.69, 9.17) is 14.2 Å². The van der Waals surface area contributed by atoms with Crippen molar-refractivity contribution in [2.24, 2.45) is 0 Å². The maximum atomic E-state index is 14.4. The molecule has 1 fully saturated rings. The normalized spacial score (nSPS) is 34.3. The second kappa shape index (κ2) is 6.22. The van der Waals surface area contributed by atoms with Crippen LogP contribution in [0.1, 0.15) is 17.5 Å². The van der Waals surface area contributed by atoms with Gasteiger partial charge in [-0.25, -0.2) is 18.8 Å². The fraction of sp³-hybridized carbons (Fsp3) is 0.407. The number of para-hydroxylation sites is 1. The molecular weight excluding hydrogens is 460 g/mol. The topological polar surface area (TPSA) is 79.9 Å². The summed E-state index contributed by atoms with van der Waals surface area (Å²) in [6, 6.07) is 13.1. The van der Waals surface area contributed by atoms with Gasteiger partial charge in [0.1, 0.15) is 5.54 Å². The molecule has 2 aromatic carbocycles. The van der Waals surface area contributed by atoms with E-state index in [-0.39, 0.29) is 11.7 Å². The number of hydrogen-bond donors (Lipinski definition) is 0. The zero-order chi connectivity index (χ0) is 24.6. The average Bonchev–Trinajstić information content (AvgIpc) is 3.41. The molecule has 2 aliphatic carbocycles. The maximum Gasteiger partial charge on any atom is 0.354 e. The third-order valence-electron chi connectivity index (χ3n) is 9.50. The van der Waals surface area contributed by atoms with E-state index in [1.165, 1.54) is 14.8 Å². The molecule has 1 aromatic heterocycles. The maximum absolute atomic E-state index is 14.4. The Kier molecular flexibility index (Phi) is 3.56. The number of aromatic nitrogens is 3. The fourth-order valence-corrected chi connectivity index (χ4v) is 8.16. The summed E-state index contributed by atoms with van der Waals surface area (Å²) in [5.41, 5.74) is -0.689. The van der Waals surface area contributed by atoms with Crippen molar-refractivity contribution in [1.29, 1.82) is 0 Å². The molecule has 5 heterocycles. The number of piperidine rings is 1. The van der Waals surface area contributed by atoms with Gasteiger partial charge < -0.3 is 19.1 Å². The Balaban J connectivity index is 1.56. The van der Waals surface area contributed by atoms with Gasteiger partial charge in [0.25, 0.3) is 0 Å².